The van der Waals surface area contributed by atoms with Crippen molar-refractivity contribution >= 4 is 21.6 Å². The van der Waals surface area contributed by atoms with E-state index in [0.717, 1.165) is 12.1 Å². The molecule has 0 spiro atoms. The number of carbonyl (C=O) groups is 1. The van der Waals surface area contributed by atoms with E-state index in [-0.39, 0.29) is 11.3 Å². The van der Waals surface area contributed by atoms with Crippen molar-refractivity contribution in [3.8, 4) is 11.5 Å². The number of para-hydroxylation sites is 2. The van der Waals surface area contributed by atoms with E-state index in [1.54, 1.807) is 48.5 Å². The highest BCUT2D eigenvalue weighted by Gasteiger charge is 2.19. The van der Waals surface area contributed by atoms with E-state index in [9.17, 15) is 17.6 Å². The van der Waals surface area contributed by atoms with Crippen LogP contribution in [-0.4, -0.2) is 21.4 Å². The van der Waals surface area contributed by atoms with Crippen LogP contribution in [0.4, 0.5) is 10.1 Å². The van der Waals surface area contributed by atoms with Crippen LogP contribution in [0.25, 0.3) is 0 Å². The van der Waals surface area contributed by atoms with Crippen LogP contribution in [0.3, 0.4) is 0 Å². The third kappa shape index (κ3) is 4.36. The maximum Gasteiger partial charge on any atom is 0.259 e. The lowest BCUT2D eigenvalue weighted by molar-refractivity contribution is 0.102. The van der Waals surface area contributed by atoms with Crippen LogP contribution < -0.4 is 14.8 Å². The van der Waals surface area contributed by atoms with E-state index < -0.39 is 26.6 Å². The van der Waals surface area contributed by atoms with Crippen molar-refractivity contribution in [3.63, 3.8) is 0 Å². The standard InChI is InChI=1S/C20H17FN2O4S/c1-22-28(25,26)19-13-14(11-12-17(19)21)23-20(24)16-9-5-6-10-18(16)27-15-7-3-2-4-8-15/h2-13,22H,1H3,(H,23,24). The number of halogens is 1. The summed E-state index contributed by atoms with van der Waals surface area (Å²) in [6.07, 6.45) is 0. The number of nitrogens with one attached hydrogen (secondary N) is 2. The first kappa shape index (κ1) is 19.5. The Balaban J connectivity index is 1.88. The van der Waals surface area contributed by atoms with Crippen molar-refractivity contribution in [2.75, 3.05) is 12.4 Å². The molecule has 0 aromatic heterocycles. The minimum Gasteiger partial charge on any atom is -0.457 e. The highest BCUT2D eigenvalue weighted by Crippen LogP contribution is 2.26. The number of hydrogen-bond donors (Lipinski definition) is 2. The summed E-state index contributed by atoms with van der Waals surface area (Å²) < 4.78 is 45.5. The lowest BCUT2D eigenvalue weighted by Crippen LogP contribution is -2.20. The number of sulfonamides is 1. The molecule has 0 aliphatic heterocycles. The number of carbonyl (C=O) groups excluding carboxylic acids is 1. The minimum absolute atomic E-state index is 0.134. The number of ether oxygens (including phenoxy) is 1. The van der Waals surface area contributed by atoms with Crippen LogP contribution in [0.1, 0.15) is 10.4 Å². The Labute approximate surface area is 162 Å². The van der Waals surface area contributed by atoms with Crippen molar-refractivity contribution in [1.82, 2.24) is 4.72 Å². The van der Waals surface area contributed by atoms with Crippen LogP contribution in [0.5, 0.6) is 11.5 Å². The number of rotatable bonds is 6. The fraction of sp³-hybridized carbons (Fsp3) is 0.0500. The summed E-state index contributed by atoms with van der Waals surface area (Å²) in [6.45, 7) is 0. The Morgan fingerprint density at radius 1 is 0.964 bits per heavy atom. The van der Waals surface area contributed by atoms with Crippen molar-refractivity contribution in [3.05, 3.63) is 84.2 Å². The van der Waals surface area contributed by atoms with Crippen molar-refractivity contribution < 1.29 is 22.3 Å². The Morgan fingerprint density at radius 2 is 1.64 bits per heavy atom. The SMILES string of the molecule is CNS(=O)(=O)c1cc(NC(=O)c2ccccc2Oc2ccccc2)ccc1F. The molecule has 0 aliphatic carbocycles. The van der Waals surface area contributed by atoms with Crippen molar-refractivity contribution in [1.29, 1.82) is 0 Å². The molecular formula is C20H17FN2O4S. The summed E-state index contributed by atoms with van der Waals surface area (Å²) in [4.78, 5) is 12.1. The van der Waals surface area contributed by atoms with Crippen molar-refractivity contribution in [2.45, 2.75) is 4.90 Å². The van der Waals surface area contributed by atoms with Gasteiger partial charge in [-0.3, -0.25) is 4.79 Å². The quantitative estimate of drug-likeness (QED) is 0.660. The Hall–Kier alpha value is -3.23. The van der Waals surface area contributed by atoms with E-state index in [1.165, 1.54) is 13.1 Å². The molecule has 3 rings (SSSR count). The Bertz CT molecular complexity index is 1100. The van der Waals surface area contributed by atoms with Gasteiger partial charge >= 0.3 is 0 Å². The monoisotopic (exact) mass is 400 g/mol. The van der Waals surface area contributed by atoms with E-state index in [1.807, 2.05) is 10.8 Å². The van der Waals surface area contributed by atoms with Gasteiger partial charge in [0, 0.05) is 5.69 Å². The maximum atomic E-state index is 13.9. The molecule has 144 valence electrons. The Kier molecular flexibility index (Phi) is 5.72. The van der Waals surface area contributed by atoms with Gasteiger partial charge in [0.25, 0.3) is 5.91 Å². The average molecular weight is 400 g/mol. The summed E-state index contributed by atoms with van der Waals surface area (Å²) in [5, 5.41) is 2.57. The van der Waals surface area contributed by atoms with Crippen LogP contribution in [0.2, 0.25) is 0 Å². The maximum absolute atomic E-state index is 13.9. The zero-order chi connectivity index (χ0) is 20.1. The summed E-state index contributed by atoms with van der Waals surface area (Å²) in [7, 11) is -2.82. The molecule has 0 aliphatic rings. The highest BCUT2D eigenvalue weighted by atomic mass is 32.2. The fourth-order valence-electron chi connectivity index (χ4n) is 2.45. The number of benzene rings is 3. The molecule has 3 aromatic carbocycles. The molecule has 3 aromatic rings. The predicted molar refractivity (Wildman–Crippen MR) is 104 cm³/mol. The molecule has 0 atom stereocenters. The molecule has 0 unspecified atom stereocenters. The van der Waals surface area contributed by atoms with Gasteiger partial charge in [-0.05, 0) is 49.5 Å². The minimum atomic E-state index is -4.00. The molecule has 0 heterocycles. The van der Waals surface area contributed by atoms with E-state index in [4.69, 9.17) is 4.74 Å². The molecule has 0 radical (unpaired) electrons. The number of anilines is 1. The zero-order valence-corrected chi connectivity index (χ0v) is 15.7. The topological polar surface area (TPSA) is 84.5 Å². The summed E-state index contributed by atoms with van der Waals surface area (Å²) >= 11 is 0. The molecule has 8 heteroatoms. The molecule has 0 fully saturated rings. The molecular weight excluding hydrogens is 383 g/mol. The number of amides is 1. The van der Waals surface area contributed by atoms with Gasteiger partial charge in [-0.2, -0.15) is 0 Å². The van der Waals surface area contributed by atoms with Crippen LogP contribution in [0, 0.1) is 5.82 Å². The van der Waals surface area contributed by atoms with E-state index in [0.29, 0.717) is 11.5 Å². The first-order valence-electron chi connectivity index (χ1n) is 8.27. The second kappa shape index (κ2) is 8.20. The first-order chi connectivity index (χ1) is 13.4. The molecule has 0 bridgehead atoms. The van der Waals surface area contributed by atoms with Gasteiger partial charge in [0.2, 0.25) is 10.0 Å². The van der Waals surface area contributed by atoms with Gasteiger partial charge in [-0.25, -0.2) is 17.5 Å². The second-order valence-corrected chi connectivity index (χ2v) is 7.57. The van der Waals surface area contributed by atoms with Gasteiger partial charge in [0.15, 0.2) is 0 Å². The number of hydrogen-bond acceptors (Lipinski definition) is 4. The normalized spacial score (nSPS) is 11.1. The average Bonchev–Trinajstić information content (AvgIpc) is 2.70. The smallest absolute Gasteiger partial charge is 0.259 e. The highest BCUT2D eigenvalue weighted by molar-refractivity contribution is 7.89. The molecule has 28 heavy (non-hydrogen) atoms. The third-order valence-corrected chi connectivity index (χ3v) is 5.28. The second-order valence-electron chi connectivity index (χ2n) is 5.72. The third-order valence-electron chi connectivity index (χ3n) is 3.85. The predicted octanol–water partition coefficient (Wildman–Crippen LogP) is 3.78. The van der Waals surface area contributed by atoms with E-state index >= 15 is 0 Å². The summed E-state index contributed by atoms with van der Waals surface area (Å²) in [5.41, 5.74) is 0.378. The summed E-state index contributed by atoms with van der Waals surface area (Å²) in [5.74, 6) is -0.547. The molecule has 0 saturated carbocycles. The van der Waals surface area contributed by atoms with Gasteiger partial charge in [0.05, 0.1) is 5.56 Å². The fourth-order valence-corrected chi connectivity index (χ4v) is 3.28. The van der Waals surface area contributed by atoms with Gasteiger partial charge in [-0.15, -0.1) is 0 Å². The molecule has 0 saturated heterocycles. The Morgan fingerprint density at radius 3 is 2.36 bits per heavy atom. The van der Waals surface area contributed by atoms with Crippen LogP contribution in [-0.2, 0) is 10.0 Å². The van der Waals surface area contributed by atoms with Crippen LogP contribution >= 0.6 is 0 Å². The van der Waals surface area contributed by atoms with Crippen molar-refractivity contribution in [2.24, 2.45) is 0 Å². The van der Waals surface area contributed by atoms with E-state index in [2.05, 4.69) is 5.32 Å². The zero-order valence-electron chi connectivity index (χ0n) is 14.8. The molecule has 2 N–H and O–H groups in total. The van der Waals surface area contributed by atoms with Crippen LogP contribution in [0.15, 0.2) is 77.7 Å². The lowest BCUT2D eigenvalue weighted by atomic mass is 10.1. The molecule has 6 nitrogen and oxygen atoms in total. The lowest BCUT2D eigenvalue weighted by Gasteiger charge is -2.12. The molecule has 1 amide bonds. The van der Waals surface area contributed by atoms with Gasteiger partial charge in [0.1, 0.15) is 22.2 Å². The van der Waals surface area contributed by atoms with Gasteiger partial charge < -0.3 is 10.1 Å². The largest absolute Gasteiger partial charge is 0.457 e. The summed E-state index contributed by atoms with van der Waals surface area (Å²) in [6, 6.07) is 18.9. The van der Waals surface area contributed by atoms with Gasteiger partial charge in [-0.1, -0.05) is 30.3 Å². The first-order valence-corrected chi connectivity index (χ1v) is 9.75.